The first kappa shape index (κ1) is 17.7. The van der Waals surface area contributed by atoms with Gasteiger partial charge in [-0.3, -0.25) is 24.3 Å². The van der Waals surface area contributed by atoms with Gasteiger partial charge < -0.3 is 10.5 Å². The molecule has 3 N–H and O–H groups in total. The number of nitrogens with two attached hydrogens (primary N) is 1. The van der Waals surface area contributed by atoms with Gasteiger partial charge >= 0.3 is 5.97 Å². The molecule has 0 aliphatic carbocycles. The van der Waals surface area contributed by atoms with Gasteiger partial charge in [0.25, 0.3) is 11.1 Å². The molecule has 0 saturated carbocycles. The summed E-state index contributed by atoms with van der Waals surface area (Å²) in [6.45, 7) is 0.0971. The van der Waals surface area contributed by atoms with E-state index in [-0.39, 0.29) is 22.0 Å². The molecule has 0 spiro atoms. The summed E-state index contributed by atoms with van der Waals surface area (Å²) < 4.78 is 5.53. The van der Waals surface area contributed by atoms with Gasteiger partial charge in [0.1, 0.15) is 18.2 Å². The van der Waals surface area contributed by atoms with Crippen molar-refractivity contribution in [2.24, 2.45) is 5.73 Å². The quantitative estimate of drug-likeness (QED) is 0.425. The molecular weight excluding hydrogens is 328 g/mol. The highest BCUT2D eigenvalue weighted by Crippen LogP contribution is 2.03. The first-order valence-electron chi connectivity index (χ1n) is 7.12. The number of H-pyrrole nitrogens is 1. The molecule has 0 aliphatic heterocycles. The van der Waals surface area contributed by atoms with Gasteiger partial charge in [0.15, 0.2) is 6.61 Å². The van der Waals surface area contributed by atoms with Crippen molar-refractivity contribution in [3.8, 4) is 6.07 Å². The fourth-order valence-corrected chi connectivity index (χ4v) is 2.12. The van der Waals surface area contributed by atoms with E-state index in [0.717, 1.165) is 4.68 Å². The van der Waals surface area contributed by atoms with Crippen molar-refractivity contribution in [1.82, 2.24) is 9.78 Å². The fraction of sp³-hybridized carbons (Fsp3) is 0.188. The number of carbonyl (C=O) groups is 2. The normalized spacial score (nSPS) is 11.5. The van der Waals surface area contributed by atoms with E-state index >= 15 is 0 Å². The highest BCUT2D eigenvalue weighted by Gasteiger charge is 2.16. The Morgan fingerprint density at radius 3 is 2.52 bits per heavy atom. The standard InChI is InChI=1S/C16H14N4O5/c1-9(18)12(6-17)13(21)8-25-14(22)7-20-16(24)11-5-3-2-4-10(11)15(23)19-20/h2-5H,7-8,18H2,1H3,(H,19,23)/b12-9-. The molecule has 9 heteroatoms. The summed E-state index contributed by atoms with van der Waals surface area (Å²) in [6.07, 6.45) is 0. The molecule has 0 radical (unpaired) electrons. The van der Waals surface area contributed by atoms with Gasteiger partial charge in [-0.2, -0.15) is 5.26 Å². The number of nitrogens with zero attached hydrogens (tertiary/aromatic N) is 2. The summed E-state index contributed by atoms with van der Waals surface area (Å²) >= 11 is 0. The molecule has 1 aromatic heterocycles. The van der Waals surface area contributed by atoms with Crippen LogP contribution in [0.5, 0.6) is 0 Å². The van der Waals surface area contributed by atoms with E-state index < -0.39 is 36.0 Å². The number of allylic oxidation sites excluding steroid dienone is 1. The zero-order valence-electron chi connectivity index (χ0n) is 13.2. The minimum absolute atomic E-state index is 0.0126. The summed E-state index contributed by atoms with van der Waals surface area (Å²) in [6, 6.07) is 7.78. The number of hydrogen-bond donors (Lipinski definition) is 2. The number of ether oxygens (including phenoxy) is 1. The van der Waals surface area contributed by atoms with E-state index in [1.54, 1.807) is 18.2 Å². The number of esters is 1. The molecule has 1 heterocycles. The molecule has 0 saturated heterocycles. The minimum Gasteiger partial charge on any atom is -0.456 e. The van der Waals surface area contributed by atoms with Crippen LogP contribution in [0.25, 0.3) is 10.8 Å². The Morgan fingerprint density at radius 1 is 1.28 bits per heavy atom. The van der Waals surface area contributed by atoms with Gasteiger partial charge in [0, 0.05) is 5.70 Å². The monoisotopic (exact) mass is 342 g/mol. The first-order valence-corrected chi connectivity index (χ1v) is 7.12. The van der Waals surface area contributed by atoms with Crippen LogP contribution in [0.1, 0.15) is 6.92 Å². The van der Waals surface area contributed by atoms with Crippen LogP contribution in [0, 0.1) is 11.3 Å². The maximum Gasteiger partial charge on any atom is 0.328 e. The second kappa shape index (κ2) is 7.27. The van der Waals surface area contributed by atoms with Gasteiger partial charge in [0.05, 0.1) is 10.8 Å². The number of Topliss-reactive ketones (excluding diaryl/α,β-unsaturated/α-hetero) is 1. The molecule has 128 valence electrons. The smallest absolute Gasteiger partial charge is 0.328 e. The van der Waals surface area contributed by atoms with Crippen LogP contribution in [0.3, 0.4) is 0 Å². The molecular formula is C16H14N4O5. The third-order valence-corrected chi connectivity index (χ3v) is 3.32. The predicted molar refractivity (Wildman–Crippen MR) is 87.3 cm³/mol. The highest BCUT2D eigenvalue weighted by molar-refractivity contribution is 6.01. The van der Waals surface area contributed by atoms with Gasteiger partial charge in [-0.05, 0) is 19.1 Å². The third kappa shape index (κ3) is 3.81. The molecule has 0 fully saturated rings. The number of rotatable bonds is 5. The van der Waals surface area contributed by atoms with Crippen molar-refractivity contribution in [1.29, 1.82) is 5.26 Å². The van der Waals surface area contributed by atoms with Gasteiger partial charge in [-0.25, -0.2) is 4.68 Å². The molecule has 0 bridgehead atoms. The van der Waals surface area contributed by atoms with Gasteiger partial charge in [-0.1, -0.05) is 12.1 Å². The Balaban J connectivity index is 2.16. The second-order valence-electron chi connectivity index (χ2n) is 5.13. The van der Waals surface area contributed by atoms with Crippen LogP contribution in [-0.2, 0) is 20.9 Å². The lowest BCUT2D eigenvalue weighted by Crippen LogP contribution is -2.33. The number of benzene rings is 1. The Kier molecular flexibility index (Phi) is 5.14. The van der Waals surface area contributed by atoms with Gasteiger partial charge in [0.2, 0.25) is 5.78 Å². The lowest BCUT2D eigenvalue weighted by atomic mass is 10.1. The number of carbonyl (C=O) groups excluding carboxylic acids is 2. The van der Waals surface area contributed by atoms with Crippen LogP contribution in [0.2, 0.25) is 0 Å². The van der Waals surface area contributed by atoms with Gasteiger partial charge in [-0.15, -0.1) is 0 Å². The largest absolute Gasteiger partial charge is 0.456 e. The molecule has 0 aliphatic rings. The van der Waals surface area contributed by atoms with E-state index in [0.29, 0.717) is 0 Å². The average molecular weight is 342 g/mol. The van der Waals surface area contributed by atoms with E-state index in [1.165, 1.54) is 19.1 Å². The van der Waals surface area contributed by atoms with E-state index in [9.17, 15) is 19.2 Å². The van der Waals surface area contributed by atoms with Crippen molar-refractivity contribution in [2.45, 2.75) is 13.5 Å². The Labute approximate surface area is 140 Å². The van der Waals surface area contributed by atoms with E-state index in [4.69, 9.17) is 15.7 Å². The summed E-state index contributed by atoms with van der Waals surface area (Å²) in [5, 5.41) is 11.4. The average Bonchev–Trinajstić information content (AvgIpc) is 2.58. The molecule has 9 nitrogen and oxygen atoms in total. The third-order valence-electron chi connectivity index (χ3n) is 3.32. The topological polar surface area (TPSA) is 148 Å². The summed E-state index contributed by atoms with van der Waals surface area (Å²) in [5.41, 5.74) is 3.98. The number of nitriles is 1. The van der Waals surface area contributed by atoms with Crippen molar-refractivity contribution in [2.75, 3.05) is 6.61 Å². The van der Waals surface area contributed by atoms with Crippen LogP contribution in [0.15, 0.2) is 45.1 Å². The SMILES string of the molecule is C/C(N)=C(\C#N)C(=O)COC(=O)Cn1[nH]c(=O)c2ccccc2c1=O. The zero-order valence-corrected chi connectivity index (χ0v) is 13.2. The zero-order chi connectivity index (χ0) is 18.6. The molecule has 0 unspecified atom stereocenters. The maximum absolute atomic E-state index is 12.2. The Morgan fingerprint density at radius 2 is 1.92 bits per heavy atom. The number of fused-ring (bicyclic) bond motifs is 1. The number of nitrogens with one attached hydrogen (secondary N) is 1. The number of aromatic nitrogens is 2. The minimum atomic E-state index is -0.923. The molecule has 0 amide bonds. The van der Waals surface area contributed by atoms with Crippen molar-refractivity contribution >= 4 is 22.5 Å². The summed E-state index contributed by atoms with van der Waals surface area (Å²) in [5.74, 6) is -1.68. The number of ketones is 1. The lowest BCUT2D eigenvalue weighted by Gasteiger charge is -2.07. The van der Waals surface area contributed by atoms with Crippen molar-refractivity contribution in [3.63, 3.8) is 0 Å². The highest BCUT2D eigenvalue weighted by atomic mass is 16.5. The van der Waals surface area contributed by atoms with Crippen LogP contribution in [0.4, 0.5) is 0 Å². The molecule has 0 atom stereocenters. The number of hydrogen-bond acceptors (Lipinski definition) is 7. The van der Waals surface area contributed by atoms with Crippen LogP contribution >= 0.6 is 0 Å². The number of aromatic amines is 1. The Hall–Kier alpha value is -3.67. The summed E-state index contributed by atoms with van der Waals surface area (Å²) in [7, 11) is 0. The molecule has 2 aromatic rings. The summed E-state index contributed by atoms with van der Waals surface area (Å²) in [4.78, 5) is 47.7. The van der Waals surface area contributed by atoms with E-state index in [2.05, 4.69) is 5.10 Å². The predicted octanol–water partition coefficient (Wildman–Crippen LogP) is -0.442. The first-order chi connectivity index (χ1) is 11.8. The molecule has 1 aromatic carbocycles. The van der Waals surface area contributed by atoms with Crippen LogP contribution in [-0.4, -0.2) is 28.1 Å². The lowest BCUT2D eigenvalue weighted by molar-refractivity contribution is -0.147. The van der Waals surface area contributed by atoms with Crippen molar-refractivity contribution < 1.29 is 14.3 Å². The molecule has 2 rings (SSSR count). The maximum atomic E-state index is 12.2. The Bertz CT molecular complexity index is 1030. The molecule has 25 heavy (non-hydrogen) atoms. The van der Waals surface area contributed by atoms with Crippen molar-refractivity contribution in [3.05, 3.63) is 56.2 Å². The van der Waals surface area contributed by atoms with E-state index in [1.807, 2.05) is 0 Å². The second-order valence-corrected chi connectivity index (χ2v) is 5.13. The van der Waals surface area contributed by atoms with Crippen LogP contribution < -0.4 is 16.9 Å². The fourth-order valence-electron chi connectivity index (χ4n) is 2.12.